The molecule has 4 nitrogen and oxygen atoms in total. The zero-order valence-corrected chi connectivity index (χ0v) is 10.0. The van der Waals surface area contributed by atoms with Crippen molar-refractivity contribution in [3.63, 3.8) is 0 Å². The number of hydrogen-bond acceptors (Lipinski definition) is 3. The van der Waals surface area contributed by atoms with Gasteiger partial charge in [-0.25, -0.2) is 0 Å². The summed E-state index contributed by atoms with van der Waals surface area (Å²) in [5.41, 5.74) is 1.01. The molecular formula is C13H19NO3. The molecule has 0 aromatic heterocycles. The van der Waals surface area contributed by atoms with E-state index >= 15 is 0 Å². The van der Waals surface area contributed by atoms with Gasteiger partial charge >= 0.3 is 5.97 Å². The molecule has 17 heavy (non-hydrogen) atoms. The minimum Gasteiger partial charge on any atom is -0.481 e. The fourth-order valence-corrected chi connectivity index (χ4v) is 1.70. The summed E-state index contributed by atoms with van der Waals surface area (Å²) < 4.78 is 0. The van der Waals surface area contributed by atoms with Gasteiger partial charge in [-0.15, -0.1) is 0 Å². The SMILES string of the molecule is CC(O)CN(CCCC(=O)O)c1ccccc1. The minimum absolute atomic E-state index is 0.156. The fraction of sp³-hybridized carbons (Fsp3) is 0.462. The number of nitrogens with zero attached hydrogens (tertiary/aromatic N) is 1. The van der Waals surface area contributed by atoms with E-state index in [4.69, 9.17) is 5.11 Å². The molecule has 0 bridgehead atoms. The Morgan fingerprint density at radius 3 is 2.53 bits per heavy atom. The number of aliphatic hydroxyl groups is 1. The molecule has 0 saturated carbocycles. The molecule has 0 aliphatic carbocycles. The number of anilines is 1. The average molecular weight is 237 g/mol. The average Bonchev–Trinajstić information content (AvgIpc) is 2.28. The summed E-state index contributed by atoms with van der Waals surface area (Å²) in [5, 5.41) is 18.0. The van der Waals surface area contributed by atoms with Crippen LogP contribution in [0.15, 0.2) is 30.3 Å². The number of benzene rings is 1. The van der Waals surface area contributed by atoms with Crippen LogP contribution < -0.4 is 4.90 Å². The molecule has 2 N–H and O–H groups in total. The molecule has 0 spiro atoms. The Hall–Kier alpha value is -1.55. The second kappa shape index (κ2) is 6.91. The van der Waals surface area contributed by atoms with Gasteiger partial charge in [0.15, 0.2) is 0 Å². The lowest BCUT2D eigenvalue weighted by Gasteiger charge is -2.26. The van der Waals surface area contributed by atoms with Gasteiger partial charge < -0.3 is 15.1 Å². The van der Waals surface area contributed by atoms with E-state index in [1.165, 1.54) is 0 Å². The molecule has 1 aromatic carbocycles. The van der Waals surface area contributed by atoms with Crippen LogP contribution in [-0.2, 0) is 4.79 Å². The Labute approximate surface area is 101 Å². The molecule has 1 rings (SSSR count). The fourth-order valence-electron chi connectivity index (χ4n) is 1.70. The lowest BCUT2D eigenvalue weighted by Crippen LogP contribution is -2.32. The highest BCUT2D eigenvalue weighted by Crippen LogP contribution is 2.14. The highest BCUT2D eigenvalue weighted by atomic mass is 16.4. The first kappa shape index (κ1) is 13.5. The van der Waals surface area contributed by atoms with Gasteiger partial charge in [0, 0.05) is 25.2 Å². The third kappa shape index (κ3) is 5.36. The van der Waals surface area contributed by atoms with Crippen molar-refractivity contribution in [3.8, 4) is 0 Å². The summed E-state index contributed by atoms with van der Waals surface area (Å²) in [7, 11) is 0. The van der Waals surface area contributed by atoms with E-state index in [2.05, 4.69) is 0 Å². The summed E-state index contributed by atoms with van der Waals surface area (Å²) in [6.45, 7) is 2.89. The number of hydrogen-bond donors (Lipinski definition) is 2. The second-order valence-corrected chi connectivity index (χ2v) is 4.13. The Balaban J connectivity index is 2.58. The molecule has 0 saturated heterocycles. The number of aliphatic hydroxyl groups excluding tert-OH is 1. The van der Waals surface area contributed by atoms with Crippen molar-refractivity contribution in [2.45, 2.75) is 25.9 Å². The summed E-state index contributed by atoms with van der Waals surface area (Å²) >= 11 is 0. The van der Waals surface area contributed by atoms with E-state index in [0.29, 0.717) is 19.5 Å². The van der Waals surface area contributed by atoms with Crippen LogP contribution in [0.1, 0.15) is 19.8 Å². The van der Waals surface area contributed by atoms with Crippen LogP contribution in [0.4, 0.5) is 5.69 Å². The van der Waals surface area contributed by atoms with Crippen LogP contribution in [0.5, 0.6) is 0 Å². The molecule has 0 aliphatic rings. The molecule has 0 fully saturated rings. The van der Waals surface area contributed by atoms with Gasteiger partial charge in [0.25, 0.3) is 0 Å². The first-order valence-corrected chi connectivity index (χ1v) is 5.79. The van der Waals surface area contributed by atoms with Crippen LogP contribution in [0.25, 0.3) is 0 Å². The lowest BCUT2D eigenvalue weighted by molar-refractivity contribution is -0.137. The number of rotatable bonds is 7. The van der Waals surface area contributed by atoms with Crippen LogP contribution in [-0.4, -0.2) is 35.4 Å². The van der Waals surface area contributed by atoms with Crippen molar-refractivity contribution in [2.75, 3.05) is 18.0 Å². The normalized spacial score (nSPS) is 12.1. The standard InChI is InChI=1S/C13H19NO3/c1-11(15)10-14(9-5-8-13(16)17)12-6-3-2-4-7-12/h2-4,6-7,11,15H,5,8-10H2,1H3,(H,16,17). The van der Waals surface area contributed by atoms with Crippen molar-refractivity contribution < 1.29 is 15.0 Å². The number of carboxylic acids is 1. The van der Waals surface area contributed by atoms with Crippen LogP contribution in [0.3, 0.4) is 0 Å². The van der Waals surface area contributed by atoms with Gasteiger partial charge in [-0.2, -0.15) is 0 Å². The summed E-state index contributed by atoms with van der Waals surface area (Å²) in [6, 6.07) is 9.72. The van der Waals surface area contributed by atoms with Gasteiger partial charge in [0.2, 0.25) is 0 Å². The maximum absolute atomic E-state index is 10.5. The zero-order valence-electron chi connectivity index (χ0n) is 10.0. The monoisotopic (exact) mass is 237 g/mol. The molecule has 0 amide bonds. The van der Waals surface area contributed by atoms with E-state index in [0.717, 1.165) is 5.69 Å². The Bertz CT molecular complexity index is 338. The first-order valence-electron chi connectivity index (χ1n) is 5.79. The quantitative estimate of drug-likeness (QED) is 0.758. The maximum atomic E-state index is 10.5. The van der Waals surface area contributed by atoms with Crippen molar-refractivity contribution in [2.24, 2.45) is 0 Å². The largest absolute Gasteiger partial charge is 0.481 e. The Morgan fingerprint density at radius 1 is 1.35 bits per heavy atom. The Morgan fingerprint density at radius 2 is 2.00 bits per heavy atom. The summed E-state index contributed by atoms with van der Waals surface area (Å²) in [6.07, 6.45) is 0.306. The first-order chi connectivity index (χ1) is 8.09. The van der Waals surface area contributed by atoms with Crippen LogP contribution >= 0.6 is 0 Å². The van der Waals surface area contributed by atoms with E-state index in [1.54, 1.807) is 6.92 Å². The van der Waals surface area contributed by atoms with Crippen LogP contribution in [0, 0.1) is 0 Å². The van der Waals surface area contributed by atoms with Gasteiger partial charge in [-0.05, 0) is 25.5 Å². The third-order valence-electron chi connectivity index (χ3n) is 2.42. The highest BCUT2D eigenvalue weighted by Gasteiger charge is 2.09. The topological polar surface area (TPSA) is 60.8 Å². The van der Waals surface area contributed by atoms with Gasteiger partial charge in [-0.3, -0.25) is 4.79 Å². The van der Waals surface area contributed by atoms with Gasteiger partial charge in [-0.1, -0.05) is 18.2 Å². The van der Waals surface area contributed by atoms with Crippen molar-refractivity contribution in [1.82, 2.24) is 0 Å². The molecular weight excluding hydrogens is 218 g/mol. The smallest absolute Gasteiger partial charge is 0.303 e. The van der Waals surface area contributed by atoms with E-state index in [1.807, 2.05) is 35.2 Å². The number of aliphatic carboxylic acids is 1. The molecule has 1 unspecified atom stereocenters. The van der Waals surface area contributed by atoms with Crippen molar-refractivity contribution in [1.29, 1.82) is 0 Å². The Kier molecular flexibility index (Phi) is 5.49. The van der Waals surface area contributed by atoms with Gasteiger partial charge in [0.05, 0.1) is 6.10 Å². The highest BCUT2D eigenvalue weighted by molar-refractivity contribution is 5.66. The number of carboxylic acid groups (broad SMARTS) is 1. The van der Waals surface area contributed by atoms with E-state index in [-0.39, 0.29) is 6.42 Å². The number of carbonyl (C=O) groups is 1. The molecule has 1 atom stereocenters. The van der Waals surface area contributed by atoms with E-state index < -0.39 is 12.1 Å². The minimum atomic E-state index is -0.782. The van der Waals surface area contributed by atoms with E-state index in [9.17, 15) is 9.90 Å². The number of para-hydroxylation sites is 1. The molecule has 94 valence electrons. The predicted octanol–water partition coefficient (Wildman–Crippen LogP) is 1.74. The molecule has 1 aromatic rings. The predicted molar refractivity (Wildman–Crippen MR) is 67.2 cm³/mol. The molecule has 0 radical (unpaired) electrons. The van der Waals surface area contributed by atoms with Crippen molar-refractivity contribution >= 4 is 11.7 Å². The second-order valence-electron chi connectivity index (χ2n) is 4.13. The molecule has 0 heterocycles. The molecule has 4 heteroatoms. The maximum Gasteiger partial charge on any atom is 0.303 e. The van der Waals surface area contributed by atoms with Crippen LogP contribution in [0.2, 0.25) is 0 Å². The summed E-state index contributed by atoms with van der Waals surface area (Å²) in [4.78, 5) is 12.5. The van der Waals surface area contributed by atoms with Crippen molar-refractivity contribution in [3.05, 3.63) is 30.3 Å². The summed E-state index contributed by atoms with van der Waals surface area (Å²) in [5.74, 6) is -0.782. The lowest BCUT2D eigenvalue weighted by atomic mass is 10.2. The van der Waals surface area contributed by atoms with Gasteiger partial charge in [0.1, 0.15) is 0 Å². The molecule has 0 aliphatic heterocycles. The third-order valence-corrected chi connectivity index (χ3v) is 2.42. The zero-order chi connectivity index (χ0) is 12.7.